The molecule has 4 aromatic rings. The highest BCUT2D eigenvalue weighted by molar-refractivity contribution is 9.10. The lowest BCUT2D eigenvalue weighted by atomic mass is 10.0. The van der Waals surface area contributed by atoms with Gasteiger partial charge in [0.25, 0.3) is 5.56 Å². The highest BCUT2D eigenvalue weighted by Crippen LogP contribution is 2.31. The Morgan fingerprint density at radius 1 is 1.20 bits per heavy atom. The molecule has 9 nitrogen and oxygen atoms in total. The van der Waals surface area contributed by atoms with Crippen molar-refractivity contribution in [2.24, 2.45) is 7.05 Å². The molecule has 0 aliphatic heterocycles. The van der Waals surface area contributed by atoms with Gasteiger partial charge in [-0.2, -0.15) is 10.1 Å². The van der Waals surface area contributed by atoms with Crippen molar-refractivity contribution < 1.29 is 9.84 Å². The van der Waals surface area contributed by atoms with Gasteiger partial charge in [-0.3, -0.25) is 14.0 Å². The smallest absolute Gasteiger partial charge is 0.276 e. The summed E-state index contributed by atoms with van der Waals surface area (Å²) in [7, 11) is 1.81. The van der Waals surface area contributed by atoms with Crippen LogP contribution >= 0.6 is 27.5 Å². The maximum atomic E-state index is 13.3. The molecule has 3 aromatic heterocycles. The first-order valence-corrected chi connectivity index (χ1v) is 11.9. The van der Waals surface area contributed by atoms with E-state index >= 15 is 0 Å². The van der Waals surface area contributed by atoms with Gasteiger partial charge in [-0.05, 0) is 67.4 Å². The lowest BCUT2D eigenvalue weighted by Gasteiger charge is -2.18. The lowest BCUT2D eigenvalue weighted by Crippen LogP contribution is -2.24. The Balaban J connectivity index is 1.76. The fraction of sp³-hybridized carbons (Fsp3) is 0.292. The maximum absolute atomic E-state index is 13.3. The van der Waals surface area contributed by atoms with Gasteiger partial charge in [-0.25, -0.2) is 9.97 Å². The van der Waals surface area contributed by atoms with Crippen LogP contribution in [0.25, 0.3) is 16.9 Å². The van der Waals surface area contributed by atoms with Crippen LogP contribution in [0.3, 0.4) is 0 Å². The molecule has 0 saturated carbocycles. The van der Waals surface area contributed by atoms with E-state index in [0.29, 0.717) is 39.3 Å². The molecular weight excluding hydrogens is 536 g/mol. The molecule has 0 bridgehead atoms. The van der Waals surface area contributed by atoms with E-state index in [2.05, 4.69) is 36.0 Å². The second-order valence-corrected chi connectivity index (χ2v) is 9.84. The number of aryl methyl sites for hydroxylation is 3. The summed E-state index contributed by atoms with van der Waals surface area (Å²) >= 11 is 9.86. The summed E-state index contributed by atoms with van der Waals surface area (Å²) in [5.74, 6) is 0.856. The van der Waals surface area contributed by atoms with E-state index < -0.39 is 5.60 Å². The highest BCUT2D eigenvalue weighted by Gasteiger charge is 2.22. The molecule has 182 valence electrons. The van der Waals surface area contributed by atoms with Crippen LogP contribution in [0.1, 0.15) is 36.8 Å². The molecule has 0 unspecified atom stereocenters. The normalized spacial score (nSPS) is 11.7. The molecule has 0 radical (unpaired) electrons. The maximum Gasteiger partial charge on any atom is 0.276 e. The van der Waals surface area contributed by atoms with E-state index in [9.17, 15) is 9.90 Å². The molecule has 11 heteroatoms. The van der Waals surface area contributed by atoms with Crippen molar-refractivity contribution in [2.75, 3.05) is 0 Å². The standard InChI is InChI=1S/C24H24BrClN6O3/c1-13-11-27-23(24(3,4)34)29-20(13)15-6-7-17(26)18(10-15)32-14(2)28-21(19(25)22(32)33)35-12-16-8-9-31(5)30-16/h6-11,34H,12H2,1-5H3. The van der Waals surface area contributed by atoms with E-state index in [4.69, 9.17) is 16.3 Å². The van der Waals surface area contributed by atoms with Crippen molar-refractivity contribution in [3.8, 4) is 22.8 Å². The van der Waals surface area contributed by atoms with E-state index in [1.165, 1.54) is 4.57 Å². The minimum Gasteiger partial charge on any atom is -0.470 e. The summed E-state index contributed by atoms with van der Waals surface area (Å²) in [5.41, 5.74) is 1.74. The summed E-state index contributed by atoms with van der Waals surface area (Å²) in [6, 6.07) is 7.10. The topological polar surface area (TPSA) is 108 Å². The lowest BCUT2D eigenvalue weighted by molar-refractivity contribution is 0.0688. The zero-order valence-electron chi connectivity index (χ0n) is 19.9. The Labute approximate surface area is 215 Å². The van der Waals surface area contributed by atoms with Crippen molar-refractivity contribution in [3.63, 3.8) is 0 Å². The molecule has 0 fully saturated rings. The number of benzene rings is 1. The predicted molar refractivity (Wildman–Crippen MR) is 136 cm³/mol. The van der Waals surface area contributed by atoms with Gasteiger partial charge in [0.1, 0.15) is 22.5 Å². The van der Waals surface area contributed by atoms with Gasteiger partial charge in [0.15, 0.2) is 5.82 Å². The molecule has 4 rings (SSSR count). The van der Waals surface area contributed by atoms with Gasteiger partial charge in [-0.1, -0.05) is 17.7 Å². The quantitative estimate of drug-likeness (QED) is 0.376. The highest BCUT2D eigenvalue weighted by atomic mass is 79.9. The Hall–Kier alpha value is -3.08. The van der Waals surface area contributed by atoms with Crippen LogP contribution in [-0.2, 0) is 19.3 Å². The molecular formula is C24H24BrClN6O3. The van der Waals surface area contributed by atoms with Crippen molar-refractivity contribution >= 4 is 27.5 Å². The average molecular weight is 560 g/mol. The molecule has 0 spiro atoms. The first-order chi connectivity index (χ1) is 16.5. The number of aliphatic hydroxyl groups is 1. The zero-order valence-corrected chi connectivity index (χ0v) is 22.2. The fourth-order valence-corrected chi connectivity index (χ4v) is 4.09. The number of halogens is 2. The third kappa shape index (κ3) is 5.14. The van der Waals surface area contributed by atoms with Crippen LogP contribution in [-0.4, -0.2) is 34.4 Å². The molecule has 0 saturated heterocycles. The molecule has 3 heterocycles. The van der Waals surface area contributed by atoms with Crippen molar-refractivity contribution in [3.05, 3.63) is 79.4 Å². The molecule has 1 N–H and O–H groups in total. The molecule has 0 aliphatic carbocycles. The van der Waals surface area contributed by atoms with Crippen LogP contribution in [0, 0.1) is 13.8 Å². The van der Waals surface area contributed by atoms with Gasteiger partial charge in [0, 0.05) is 25.0 Å². The van der Waals surface area contributed by atoms with Gasteiger partial charge >= 0.3 is 0 Å². The van der Waals surface area contributed by atoms with Crippen molar-refractivity contribution in [2.45, 2.75) is 39.9 Å². The molecule has 1 aromatic carbocycles. The van der Waals surface area contributed by atoms with Crippen molar-refractivity contribution in [1.29, 1.82) is 0 Å². The summed E-state index contributed by atoms with van der Waals surface area (Å²) in [6.07, 6.45) is 3.47. The Kier molecular flexibility index (Phi) is 6.81. The minimum atomic E-state index is -1.20. The summed E-state index contributed by atoms with van der Waals surface area (Å²) in [4.78, 5) is 26.6. The first-order valence-electron chi connectivity index (χ1n) is 10.7. The monoisotopic (exact) mass is 558 g/mol. The Morgan fingerprint density at radius 3 is 2.60 bits per heavy atom. The number of aromatic nitrogens is 6. The fourth-order valence-electron chi connectivity index (χ4n) is 3.50. The van der Waals surface area contributed by atoms with Crippen LogP contribution in [0.5, 0.6) is 5.88 Å². The van der Waals surface area contributed by atoms with Gasteiger partial charge in [0.2, 0.25) is 5.88 Å². The van der Waals surface area contributed by atoms with Gasteiger partial charge in [-0.15, -0.1) is 0 Å². The third-order valence-corrected chi connectivity index (χ3v) is 6.27. The largest absolute Gasteiger partial charge is 0.470 e. The number of rotatable bonds is 6. The van der Waals surface area contributed by atoms with Crippen LogP contribution in [0.2, 0.25) is 5.02 Å². The Bertz CT molecular complexity index is 1480. The number of ether oxygens (including phenoxy) is 1. The number of nitrogens with zero attached hydrogens (tertiary/aromatic N) is 6. The first kappa shape index (κ1) is 25.0. The van der Waals surface area contributed by atoms with E-state index in [1.807, 2.05) is 32.3 Å². The molecule has 0 amide bonds. The predicted octanol–water partition coefficient (Wildman–Crippen LogP) is 4.26. The number of hydrogen-bond donors (Lipinski definition) is 1. The Morgan fingerprint density at radius 2 is 1.94 bits per heavy atom. The summed E-state index contributed by atoms with van der Waals surface area (Å²) in [5, 5.41) is 15.0. The second kappa shape index (κ2) is 9.52. The van der Waals surface area contributed by atoms with E-state index in [0.717, 1.165) is 5.56 Å². The van der Waals surface area contributed by atoms with Crippen LogP contribution in [0.15, 0.2) is 45.9 Å². The summed E-state index contributed by atoms with van der Waals surface area (Å²) in [6.45, 7) is 6.99. The SMILES string of the molecule is Cc1cnc(C(C)(C)O)nc1-c1ccc(Cl)c(-n2c(C)nc(OCc3ccn(C)n3)c(Br)c2=O)c1. The molecule has 0 aliphatic rings. The van der Waals surface area contributed by atoms with Crippen molar-refractivity contribution in [1.82, 2.24) is 29.3 Å². The zero-order chi connectivity index (χ0) is 25.5. The average Bonchev–Trinajstić information content (AvgIpc) is 3.21. The minimum absolute atomic E-state index is 0.169. The third-order valence-electron chi connectivity index (χ3n) is 5.27. The van der Waals surface area contributed by atoms with E-state index in [1.54, 1.807) is 43.8 Å². The second-order valence-electron chi connectivity index (χ2n) is 8.64. The van der Waals surface area contributed by atoms with Gasteiger partial charge < -0.3 is 9.84 Å². The van der Waals surface area contributed by atoms with Crippen LogP contribution < -0.4 is 10.3 Å². The summed E-state index contributed by atoms with van der Waals surface area (Å²) < 4.78 is 9.00. The molecule has 0 atom stereocenters. The van der Waals surface area contributed by atoms with E-state index in [-0.39, 0.29) is 22.5 Å². The number of hydrogen-bond acceptors (Lipinski definition) is 7. The van der Waals surface area contributed by atoms with Crippen LogP contribution in [0.4, 0.5) is 0 Å². The molecule has 35 heavy (non-hydrogen) atoms. The van der Waals surface area contributed by atoms with Gasteiger partial charge in [0.05, 0.1) is 22.1 Å².